The van der Waals surface area contributed by atoms with Gasteiger partial charge in [-0.3, -0.25) is 0 Å². The summed E-state index contributed by atoms with van der Waals surface area (Å²) in [6.07, 6.45) is -3.60. The Morgan fingerprint density at radius 2 is 1.89 bits per heavy atom. The van der Waals surface area contributed by atoms with Crippen molar-refractivity contribution >= 4 is 0 Å². The summed E-state index contributed by atoms with van der Waals surface area (Å²) in [6, 6.07) is 7.60. The number of hydrogen-bond acceptors (Lipinski definition) is 3. The molecule has 102 valence electrons. The standard InChI is InChI=1S/C13H19F2NO2/c1-9(16-8-12(17)13(14)15)7-10-3-5-11(18-2)6-4-10/h3-6,9,12-13,16-17H,7-8H2,1-2H3. The van der Waals surface area contributed by atoms with Crippen molar-refractivity contribution in [2.75, 3.05) is 13.7 Å². The second kappa shape index (κ2) is 7.28. The number of ether oxygens (including phenoxy) is 1. The number of rotatable bonds is 7. The molecule has 0 amide bonds. The first-order valence-corrected chi connectivity index (χ1v) is 5.85. The molecule has 2 atom stereocenters. The Balaban J connectivity index is 2.37. The van der Waals surface area contributed by atoms with E-state index in [2.05, 4.69) is 5.32 Å². The summed E-state index contributed by atoms with van der Waals surface area (Å²) in [4.78, 5) is 0. The minimum Gasteiger partial charge on any atom is -0.497 e. The summed E-state index contributed by atoms with van der Waals surface area (Å²) in [6.45, 7) is 1.79. The van der Waals surface area contributed by atoms with E-state index >= 15 is 0 Å². The van der Waals surface area contributed by atoms with Gasteiger partial charge in [0.25, 0.3) is 6.43 Å². The molecule has 3 nitrogen and oxygen atoms in total. The maximum atomic E-state index is 12.1. The highest BCUT2D eigenvalue weighted by Gasteiger charge is 2.17. The van der Waals surface area contributed by atoms with Crippen LogP contribution in [-0.2, 0) is 6.42 Å². The second-order valence-corrected chi connectivity index (χ2v) is 4.26. The van der Waals surface area contributed by atoms with Gasteiger partial charge in [-0.25, -0.2) is 8.78 Å². The highest BCUT2D eigenvalue weighted by molar-refractivity contribution is 5.27. The minimum atomic E-state index is -2.70. The van der Waals surface area contributed by atoms with Crippen LogP contribution in [0, 0.1) is 0 Å². The first kappa shape index (κ1) is 14.9. The Labute approximate surface area is 106 Å². The van der Waals surface area contributed by atoms with Crippen LogP contribution in [0.25, 0.3) is 0 Å². The Bertz CT molecular complexity index is 343. The SMILES string of the molecule is COc1ccc(CC(C)NCC(O)C(F)F)cc1. The van der Waals surface area contributed by atoms with Crippen molar-refractivity contribution in [1.29, 1.82) is 0 Å². The first-order chi connectivity index (χ1) is 8.52. The van der Waals surface area contributed by atoms with Gasteiger partial charge >= 0.3 is 0 Å². The largest absolute Gasteiger partial charge is 0.497 e. The summed E-state index contributed by atoms with van der Waals surface area (Å²) >= 11 is 0. The van der Waals surface area contributed by atoms with Crippen molar-refractivity contribution in [3.05, 3.63) is 29.8 Å². The van der Waals surface area contributed by atoms with Crippen LogP contribution in [0.4, 0.5) is 8.78 Å². The number of benzene rings is 1. The molecule has 0 spiro atoms. The lowest BCUT2D eigenvalue weighted by Gasteiger charge is -2.16. The lowest BCUT2D eigenvalue weighted by atomic mass is 10.1. The van der Waals surface area contributed by atoms with Gasteiger partial charge < -0.3 is 15.2 Å². The van der Waals surface area contributed by atoms with Crippen molar-refractivity contribution in [3.63, 3.8) is 0 Å². The van der Waals surface area contributed by atoms with Crippen molar-refractivity contribution in [3.8, 4) is 5.75 Å². The molecule has 2 unspecified atom stereocenters. The van der Waals surface area contributed by atoms with Gasteiger partial charge in [-0.2, -0.15) is 0 Å². The average molecular weight is 259 g/mol. The van der Waals surface area contributed by atoms with E-state index in [4.69, 9.17) is 9.84 Å². The van der Waals surface area contributed by atoms with Gasteiger partial charge in [0.1, 0.15) is 11.9 Å². The van der Waals surface area contributed by atoms with E-state index in [0.717, 1.165) is 11.3 Å². The topological polar surface area (TPSA) is 41.5 Å². The van der Waals surface area contributed by atoms with Gasteiger partial charge in [-0.1, -0.05) is 12.1 Å². The number of aliphatic hydroxyl groups excluding tert-OH is 1. The molecule has 1 aromatic carbocycles. The zero-order valence-corrected chi connectivity index (χ0v) is 10.6. The molecule has 0 aliphatic rings. The molecular weight excluding hydrogens is 240 g/mol. The van der Waals surface area contributed by atoms with Gasteiger partial charge in [-0.15, -0.1) is 0 Å². The van der Waals surface area contributed by atoms with Gasteiger partial charge in [-0.05, 0) is 31.0 Å². The van der Waals surface area contributed by atoms with Crippen LogP contribution in [0.2, 0.25) is 0 Å². The molecule has 1 aromatic rings. The third-order valence-corrected chi connectivity index (χ3v) is 2.67. The molecule has 0 saturated carbocycles. The van der Waals surface area contributed by atoms with Crippen molar-refractivity contribution in [2.24, 2.45) is 0 Å². The Morgan fingerprint density at radius 3 is 2.39 bits per heavy atom. The molecule has 0 bridgehead atoms. The second-order valence-electron chi connectivity index (χ2n) is 4.26. The zero-order valence-electron chi connectivity index (χ0n) is 10.6. The van der Waals surface area contributed by atoms with Crippen LogP contribution < -0.4 is 10.1 Å². The third kappa shape index (κ3) is 4.98. The molecule has 0 fully saturated rings. The molecule has 0 aliphatic heterocycles. The third-order valence-electron chi connectivity index (χ3n) is 2.67. The van der Waals surface area contributed by atoms with Crippen molar-refractivity contribution in [2.45, 2.75) is 31.9 Å². The number of halogens is 2. The Hall–Kier alpha value is -1.20. The Morgan fingerprint density at radius 1 is 1.28 bits per heavy atom. The number of hydrogen-bond donors (Lipinski definition) is 2. The van der Waals surface area contributed by atoms with Gasteiger partial charge in [0.15, 0.2) is 0 Å². The molecule has 5 heteroatoms. The zero-order chi connectivity index (χ0) is 13.5. The fourth-order valence-electron chi connectivity index (χ4n) is 1.60. The van der Waals surface area contributed by atoms with E-state index in [-0.39, 0.29) is 12.6 Å². The van der Waals surface area contributed by atoms with Crippen LogP contribution in [0.1, 0.15) is 12.5 Å². The summed E-state index contributed by atoms with van der Waals surface area (Å²) in [7, 11) is 1.60. The Kier molecular flexibility index (Phi) is 6.01. The molecule has 0 saturated heterocycles. The van der Waals surface area contributed by atoms with Gasteiger partial charge in [0.2, 0.25) is 0 Å². The normalized spacial score (nSPS) is 14.6. The maximum absolute atomic E-state index is 12.1. The molecule has 0 radical (unpaired) electrons. The van der Waals surface area contributed by atoms with Gasteiger partial charge in [0.05, 0.1) is 7.11 Å². The number of nitrogens with one attached hydrogen (secondary N) is 1. The fraction of sp³-hybridized carbons (Fsp3) is 0.538. The summed E-state index contributed by atoms with van der Waals surface area (Å²) in [5.41, 5.74) is 1.09. The average Bonchev–Trinajstić information content (AvgIpc) is 2.36. The van der Waals surface area contributed by atoms with Crippen molar-refractivity contribution in [1.82, 2.24) is 5.32 Å². The van der Waals surface area contributed by atoms with Crippen molar-refractivity contribution < 1.29 is 18.6 Å². The minimum absolute atomic E-state index is 0.0202. The van der Waals surface area contributed by atoms with E-state index < -0.39 is 12.5 Å². The highest BCUT2D eigenvalue weighted by atomic mass is 19.3. The lowest BCUT2D eigenvalue weighted by molar-refractivity contribution is -0.00434. The summed E-state index contributed by atoms with van der Waals surface area (Å²) in [5, 5.41) is 11.9. The molecule has 0 aromatic heterocycles. The quantitative estimate of drug-likeness (QED) is 0.785. The van der Waals surface area contributed by atoms with Crippen LogP contribution in [0.3, 0.4) is 0 Å². The van der Waals surface area contributed by atoms with E-state index in [1.165, 1.54) is 0 Å². The predicted molar refractivity (Wildman–Crippen MR) is 66.2 cm³/mol. The molecule has 18 heavy (non-hydrogen) atoms. The van der Waals surface area contributed by atoms with E-state index in [1.807, 2.05) is 31.2 Å². The number of methoxy groups -OCH3 is 1. The predicted octanol–water partition coefficient (Wildman–Crippen LogP) is 1.84. The molecule has 0 aliphatic carbocycles. The van der Waals surface area contributed by atoms with E-state index in [1.54, 1.807) is 7.11 Å². The monoisotopic (exact) mass is 259 g/mol. The fourth-order valence-corrected chi connectivity index (χ4v) is 1.60. The first-order valence-electron chi connectivity index (χ1n) is 5.85. The molecular formula is C13H19F2NO2. The molecule has 1 rings (SSSR count). The summed E-state index contributed by atoms with van der Waals surface area (Å²) in [5.74, 6) is 0.785. The molecule has 2 N–H and O–H groups in total. The summed E-state index contributed by atoms with van der Waals surface area (Å²) < 4.78 is 29.2. The van der Waals surface area contributed by atoms with Crippen LogP contribution in [-0.4, -0.2) is 37.3 Å². The van der Waals surface area contributed by atoms with Crippen LogP contribution in [0.5, 0.6) is 5.75 Å². The smallest absolute Gasteiger partial charge is 0.265 e. The maximum Gasteiger partial charge on any atom is 0.265 e. The van der Waals surface area contributed by atoms with E-state index in [0.29, 0.717) is 6.42 Å². The highest BCUT2D eigenvalue weighted by Crippen LogP contribution is 2.12. The van der Waals surface area contributed by atoms with E-state index in [9.17, 15) is 8.78 Å². The van der Waals surface area contributed by atoms with Crippen LogP contribution in [0.15, 0.2) is 24.3 Å². The number of aliphatic hydroxyl groups is 1. The number of alkyl halides is 2. The van der Waals surface area contributed by atoms with Gasteiger partial charge in [0, 0.05) is 12.6 Å². The lowest BCUT2D eigenvalue weighted by Crippen LogP contribution is -2.38. The molecule has 0 heterocycles. The van der Waals surface area contributed by atoms with Crippen LogP contribution >= 0.6 is 0 Å².